The van der Waals surface area contributed by atoms with Gasteiger partial charge in [0.2, 0.25) is 6.10 Å². The molecule has 1 N–H and O–H groups in total. The minimum atomic E-state index is -3.52. The molecule has 0 saturated heterocycles. The van der Waals surface area contributed by atoms with E-state index in [9.17, 15) is 18.0 Å². The number of anilines is 1. The molecular weight excluding hydrogens is 450 g/mol. The van der Waals surface area contributed by atoms with Crippen LogP contribution in [-0.2, 0) is 19.4 Å². The highest BCUT2D eigenvalue weighted by atomic mass is 35.5. The molecule has 0 aliphatic carbocycles. The maximum Gasteiger partial charge on any atom is 0.339 e. The maximum absolute atomic E-state index is 13.1. The number of carbonyl (C=O) groups is 2. The second-order valence-electron chi connectivity index (χ2n) is 7.40. The lowest BCUT2D eigenvalue weighted by atomic mass is 10.1. The average molecular weight is 472 g/mol. The largest absolute Gasteiger partial charge is 0.444 e. The van der Waals surface area contributed by atoms with Crippen molar-refractivity contribution in [1.29, 1.82) is 0 Å². The second-order valence-corrected chi connectivity index (χ2v) is 9.82. The van der Waals surface area contributed by atoms with Crippen molar-refractivity contribution in [2.24, 2.45) is 0 Å². The van der Waals surface area contributed by atoms with Gasteiger partial charge in [0.25, 0.3) is 5.91 Å². The van der Waals surface area contributed by atoms with Gasteiger partial charge in [-0.05, 0) is 49.2 Å². The fourth-order valence-corrected chi connectivity index (χ4v) is 3.83. The number of hydrogen-bond acceptors (Lipinski definition) is 5. The van der Waals surface area contributed by atoms with E-state index in [4.69, 9.17) is 16.3 Å². The van der Waals surface area contributed by atoms with Gasteiger partial charge >= 0.3 is 5.97 Å². The van der Waals surface area contributed by atoms with Crippen LogP contribution in [0.4, 0.5) is 5.69 Å². The van der Waals surface area contributed by atoms with Crippen LogP contribution < -0.4 is 5.32 Å². The van der Waals surface area contributed by atoms with Crippen LogP contribution in [0.2, 0.25) is 5.02 Å². The zero-order chi connectivity index (χ0) is 23.5. The highest BCUT2D eigenvalue weighted by molar-refractivity contribution is 7.90. The quantitative estimate of drug-likeness (QED) is 0.516. The first-order chi connectivity index (χ1) is 15.1. The Balaban J connectivity index is 1.93. The molecule has 32 heavy (non-hydrogen) atoms. The van der Waals surface area contributed by atoms with Crippen LogP contribution in [-0.4, -0.2) is 26.6 Å². The Labute approximate surface area is 192 Å². The summed E-state index contributed by atoms with van der Waals surface area (Å²) in [5, 5.41) is 3.21. The van der Waals surface area contributed by atoms with Crippen molar-refractivity contribution in [3.05, 3.63) is 94.0 Å². The minimum Gasteiger partial charge on any atom is -0.444 e. The summed E-state index contributed by atoms with van der Waals surface area (Å²) >= 11 is 6.14. The summed E-state index contributed by atoms with van der Waals surface area (Å²) in [6.45, 7) is 3.50. The van der Waals surface area contributed by atoms with Crippen LogP contribution >= 0.6 is 11.6 Å². The molecule has 6 nitrogen and oxygen atoms in total. The first-order valence-electron chi connectivity index (χ1n) is 9.70. The van der Waals surface area contributed by atoms with Gasteiger partial charge in [-0.15, -0.1) is 0 Å². The van der Waals surface area contributed by atoms with Gasteiger partial charge in [-0.25, -0.2) is 13.2 Å². The Bertz CT molecular complexity index is 1270. The summed E-state index contributed by atoms with van der Waals surface area (Å²) in [4.78, 5) is 26.0. The fourth-order valence-electron chi connectivity index (χ4n) is 3.00. The van der Waals surface area contributed by atoms with E-state index in [1.807, 2.05) is 6.92 Å². The Morgan fingerprint density at radius 2 is 1.59 bits per heavy atom. The Morgan fingerprint density at radius 3 is 2.22 bits per heavy atom. The number of sulfone groups is 1. The van der Waals surface area contributed by atoms with E-state index in [-0.39, 0.29) is 10.5 Å². The third-order valence-corrected chi connectivity index (χ3v) is 6.38. The molecule has 3 rings (SSSR count). The summed E-state index contributed by atoms with van der Waals surface area (Å²) < 4.78 is 29.4. The van der Waals surface area contributed by atoms with Gasteiger partial charge in [-0.1, -0.05) is 54.1 Å². The summed E-state index contributed by atoms with van der Waals surface area (Å²) in [5.74, 6) is -1.37. The average Bonchev–Trinajstić information content (AvgIpc) is 2.74. The lowest BCUT2D eigenvalue weighted by Crippen LogP contribution is -2.26. The number of halogens is 1. The summed E-state index contributed by atoms with van der Waals surface area (Å²) in [6, 6.07) is 17.8. The van der Waals surface area contributed by atoms with Gasteiger partial charge < -0.3 is 10.1 Å². The van der Waals surface area contributed by atoms with Crippen molar-refractivity contribution < 1.29 is 22.7 Å². The molecule has 0 heterocycles. The molecule has 3 aromatic carbocycles. The summed E-state index contributed by atoms with van der Waals surface area (Å²) in [6.07, 6.45) is -0.204. The van der Waals surface area contributed by atoms with Crippen molar-refractivity contribution in [3.8, 4) is 0 Å². The van der Waals surface area contributed by atoms with Crippen LogP contribution in [0, 0.1) is 13.8 Å². The third-order valence-electron chi connectivity index (χ3n) is 4.86. The molecule has 1 unspecified atom stereocenters. The van der Waals surface area contributed by atoms with Crippen molar-refractivity contribution >= 4 is 39.0 Å². The molecule has 0 fully saturated rings. The standard InChI is InChI=1S/C24H22ClNO5S/c1-15-10-12-19(32(3,29)30)14-20(15)24(28)31-22(17-7-5-4-6-8-17)23(27)26-18-11-9-16(2)21(25)13-18/h4-14,22H,1-3H3,(H,26,27). The van der Waals surface area contributed by atoms with Crippen LogP contribution in [0.1, 0.15) is 33.2 Å². The molecule has 8 heteroatoms. The molecule has 0 saturated carbocycles. The number of aryl methyl sites for hydroxylation is 2. The minimum absolute atomic E-state index is 0.00920. The Morgan fingerprint density at radius 1 is 0.938 bits per heavy atom. The van der Waals surface area contributed by atoms with Gasteiger partial charge in [0.05, 0.1) is 10.5 Å². The number of nitrogens with one attached hydrogen (secondary N) is 1. The van der Waals surface area contributed by atoms with Crippen LogP contribution in [0.5, 0.6) is 0 Å². The van der Waals surface area contributed by atoms with Gasteiger partial charge in [-0.2, -0.15) is 0 Å². The molecule has 1 amide bonds. The number of esters is 1. The highest BCUT2D eigenvalue weighted by Gasteiger charge is 2.27. The van der Waals surface area contributed by atoms with E-state index in [0.717, 1.165) is 11.8 Å². The summed E-state index contributed by atoms with van der Waals surface area (Å²) in [5.41, 5.74) is 2.38. The predicted octanol–water partition coefficient (Wildman–Crippen LogP) is 4.90. The van der Waals surface area contributed by atoms with Crippen molar-refractivity contribution in [2.75, 3.05) is 11.6 Å². The van der Waals surface area contributed by atoms with E-state index in [1.54, 1.807) is 55.5 Å². The van der Waals surface area contributed by atoms with Gasteiger partial charge in [-0.3, -0.25) is 4.79 Å². The lowest BCUT2D eigenvalue weighted by molar-refractivity contribution is -0.125. The Hall–Kier alpha value is -3.16. The van der Waals surface area contributed by atoms with E-state index < -0.39 is 27.8 Å². The van der Waals surface area contributed by atoms with Crippen LogP contribution in [0.15, 0.2) is 71.6 Å². The number of benzene rings is 3. The predicted molar refractivity (Wildman–Crippen MR) is 124 cm³/mol. The molecule has 0 bridgehead atoms. The third kappa shape index (κ3) is 5.55. The zero-order valence-electron chi connectivity index (χ0n) is 17.8. The molecule has 0 aromatic heterocycles. The van der Waals surface area contributed by atoms with Crippen molar-refractivity contribution in [1.82, 2.24) is 0 Å². The topological polar surface area (TPSA) is 89.5 Å². The van der Waals surface area contributed by atoms with E-state index in [1.165, 1.54) is 18.2 Å². The van der Waals surface area contributed by atoms with Gasteiger partial charge in [0.15, 0.2) is 9.84 Å². The first kappa shape index (κ1) is 23.5. The summed E-state index contributed by atoms with van der Waals surface area (Å²) in [7, 11) is -3.52. The zero-order valence-corrected chi connectivity index (χ0v) is 19.3. The first-order valence-corrected chi connectivity index (χ1v) is 12.0. The SMILES string of the molecule is Cc1ccc(NC(=O)C(OC(=O)c2cc(S(C)(=O)=O)ccc2C)c2ccccc2)cc1Cl. The molecule has 0 aliphatic heterocycles. The molecule has 0 spiro atoms. The number of ether oxygens (including phenoxy) is 1. The highest BCUT2D eigenvalue weighted by Crippen LogP contribution is 2.25. The maximum atomic E-state index is 13.1. The fraction of sp³-hybridized carbons (Fsp3) is 0.167. The molecule has 1 atom stereocenters. The number of rotatable bonds is 6. The van der Waals surface area contributed by atoms with Crippen LogP contribution in [0.25, 0.3) is 0 Å². The van der Waals surface area contributed by atoms with E-state index >= 15 is 0 Å². The lowest BCUT2D eigenvalue weighted by Gasteiger charge is -2.19. The monoisotopic (exact) mass is 471 g/mol. The number of carbonyl (C=O) groups excluding carboxylic acids is 2. The van der Waals surface area contributed by atoms with Crippen molar-refractivity contribution in [3.63, 3.8) is 0 Å². The molecule has 3 aromatic rings. The van der Waals surface area contributed by atoms with E-state index in [2.05, 4.69) is 5.32 Å². The number of amides is 1. The second kappa shape index (κ2) is 9.54. The van der Waals surface area contributed by atoms with Gasteiger partial charge in [0.1, 0.15) is 0 Å². The molecular formula is C24H22ClNO5S. The van der Waals surface area contributed by atoms with E-state index in [0.29, 0.717) is 21.8 Å². The van der Waals surface area contributed by atoms with Gasteiger partial charge in [0, 0.05) is 22.5 Å². The normalized spacial score (nSPS) is 12.1. The molecule has 166 valence electrons. The molecule has 0 aliphatic rings. The smallest absolute Gasteiger partial charge is 0.339 e. The number of hydrogen-bond donors (Lipinski definition) is 1. The van der Waals surface area contributed by atoms with Crippen LogP contribution in [0.3, 0.4) is 0 Å². The van der Waals surface area contributed by atoms with Crippen molar-refractivity contribution in [2.45, 2.75) is 24.8 Å². The molecule has 0 radical (unpaired) electrons. The Kier molecular flexibility index (Phi) is 7.01.